The molecule has 0 amide bonds. The molecule has 1 aromatic carbocycles. The molecule has 1 heterocycles. The van der Waals surface area contributed by atoms with Crippen LogP contribution in [0.3, 0.4) is 0 Å². The molecular formula is C11H11N. The molecule has 0 saturated carbocycles. The molecule has 1 aromatic heterocycles. The van der Waals surface area contributed by atoms with E-state index in [9.17, 15) is 0 Å². The summed E-state index contributed by atoms with van der Waals surface area (Å²) in [5.41, 5.74) is 3.66. The Hall–Kier alpha value is -1.37. The summed E-state index contributed by atoms with van der Waals surface area (Å²) in [6.07, 6.45) is 1.84. The zero-order chi connectivity index (χ0) is 8.55. The number of aryl methyl sites for hydroxylation is 2. The zero-order valence-electron chi connectivity index (χ0n) is 7.33. The molecular weight excluding hydrogens is 146 g/mol. The first-order valence-corrected chi connectivity index (χ1v) is 4.10. The van der Waals surface area contributed by atoms with Crippen LogP contribution in [0.5, 0.6) is 0 Å². The van der Waals surface area contributed by atoms with Crippen molar-refractivity contribution in [2.45, 2.75) is 13.8 Å². The second kappa shape index (κ2) is 2.59. The van der Waals surface area contributed by atoms with Crippen molar-refractivity contribution < 1.29 is 0 Å². The van der Waals surface area contributed by atoms with Crippen LogP contribution in [0.2, 0.25) is 0 Å². The Labute approximate surface area is 72.1 Å². The van der Waals surface area contributed by atoms with Gasteiger partial charge in [0.05, 0.1) is 5.52 Å². The lowest BCUT2D eigenvalue weighted by Gasteiger charge is -2.02. The fraction of sp³-hybridized carbons (Fsp3) is 0.182. The van der Waals surface area contributed by atoms with Gasteiger partial charge < -0.3 is 0 Å². The lowest BCUT2D eigenvalue weighted by Crippen LogP contribution is -1.84. The predicted octanol–water partition coefficient (Wildman–Crippen LogP) is 2.85. The van der Waals surface area contributed by atoms with Crippen molar-refractivity contribution in [3.05, 3.63) is 41.6 Å². The van der Waals surface area contributed by atoms with Gasteiger partial charge in [-0.25, -0.2) is 0 Å². The second-order valence-electron chi connectivity index (χ2n) is 3.10. The minimum Gasteiger partial charge on any atom is -0.256 e. The molecule has 0 unspecified atom stereocenters. The molecule has 1 nitrogen and oxygen atoms in total. The van der Waals surface area contributed by atoms with Gasteiger partial charge in [-0.1, -0.05) is 18.2 Å². The topological polar surface area (TPSA) is 12.9 Å². The standard InChI is InChI=1S/C11H11N/c1-8-5-6-9(2)11-10(8)4-3-7-12-11/h3-7H,1-2H3. The number of nitrogens with zero attached hydrogens (tertiary/aromatic N) is 1. The van der Waals surface area contributed by atoms with Gasteiger partial charge in [-0.3, -0.25) is 4.98 Å². The highest BCUT2D eigenvalue weighted by Gasteiger charge is 1.98. The summed E-state index contributed by atoms with van der Waals surface area (Å²) in [4.78, 5) is 4.34. The molecule has 0 atom stereocenters. The summed E-state index contributed by atoms with van der Waals surface area (Å²) in [7, 11) is 0. The van der Waals surface area contributed by atoms with E-state index in [-0.39, 0.29) is 0 Å². The van der Waals surface area contributed by atoms with E-state index >= 15 is 0 Å². The van der Waals surface area contributed by atoms with Crippen molar-refractivity contribution in [1.82, 2.24) is 4.98 Å². The number of fused-ring (bicyclic) bond motifs is 1. The number of pyridine rings is 1. The minimum atomic E-state index is 1.12. The van der Waals surface area contributed by atoms with Gasteiger partial charge in [0.1, 0.15) is 0 Å². The highest BCUT2D eigenvalue weighted by molar-refractivity contribution is 5.84. The smallest absolute Gasteiger partial charge is 0.0733 e. The van der Waals surface area contributed by atoms with Gasteiger partial charge in [0.25, 0.3) is 0 Å². The first kappa shape index (κ1) is 7.29. The first-order valence-electron chi connectivity index (χ1n) is 4.10. The van der Waals surface area contributed by atoms with Crippen LogP contribution in [0.15, 0.2) is 30.5 Å². The van der Waals surface area contributed by atoms with Gasteiger partial charge in [-0.2, -0.15) is 0 Å². The maximum absolute atomic E-state index is 4.34. The Kier molecular flexibility index (Phi) is 1.58. The zero-order valence-corrected chi connectivity index (χ0v) is 7.33. The Balaban J connectivity index is 2.95. The molecule has 0 N–H and O–H groups in total. The van der Waals surface area contributed by atoms with Crippen molar-refractivity contribution >= 4 is 10.9 Å². The molecule has 0 saturated heterocycles. The van der Waals surface area contributed by atoms with E-state index in [1.165, 1.54) is 16.5 Å². The van der Waals surface area contributed by atoms with Crippen LogP contribution >= 0.6 is 0 Å². The Morgan fingerprint density at radius 3 is 2.50 bits per heavy atom. The van der Waals surface area contributed by atoms with E-state index in [4.69, 9.17) is 0 Å². The van der Waals surface area contributed by atoms with E-state index in [0.717, 1.165) is 5.52 Å². The van der Waals surface area contributed by atoms with Crippen LogP contribution in [0.1, 0.15) is 11.1 Å². The third-order valence-electron chi connectivity index (χ3n) is 2.19. The maximum Gasteiger partial charge on any atom is 0.0733 e. The highest BCUT2D eigenvalue weighted by atomic mass is 14.6. The van der Waals surface area contributed by atoms with Crippen LogP contribution < -0.4 is 0 Å². The number of hydrogen-bond acceptors (Lipinski definition) is 1. The van der Waals surface area contributed by atoms with E-state index in [2.05, 4.69) is 37.0 Å². The van der Waals surface area contributed by atoms with Gasteiger partial charge in [0, 0.05) is 11.6 Å². The fourth-order valence-corrected chi connectivity index (χ4v) is 1.46. The van der Waals surface area contributed by atoms with Gasteiger partial charge in [-0.05, 0) is 31.0 Å². The summed E-state index contributed by atoms with van der Waals surface area (Å²) in [6, 6.07) is 8.35. The highest BCUT2D eigenvalue weighted by Crippen LogP contribution is 2.18. The van der Waals surface area contributed by atoms with Gasteiger partial charge in [-0.15, -0.1) is 0 Å². The summed E-state index contributed by atoms with van der Waals surface area (Å²) >= 11 is 0. The average Bonchev–Trinajstić information content (AvgIpc) is 2.12. The SMILES string of the molecule is Cc1ccc(C)c2ncccc12. The van der Waals surface area contributed by atoms with E-state index in [1.807, 2.05) is 12.3 Å². The molecule has 2 aromatic rings. The molecule has 0 spiro atoms. The predicted molar refractivity (Wildman–Crippen MR) is 51.2 cm³/mol. The monoisotopic (exact) mass is 157 g/mol. The lowest BCUT2D eigenvalue weighted by atomic mass is 10.1. The summed E-state index contributed by atoms with van der Waals surface area (Å²) < 4.78 is 0. The molecule has 1 heteroatoms. The van der Waals surface area contributed by atoms with Crippen LogP contribution in [0, 0.1) is 13.8 Å². The largest absolute Gasteiger partial charge is 0.256 e. The summed E-state index contributed by atoms with van der Waals surface area (Å²) in [5.74, 6) is 0. The number of aromatic nitrogens is 1. The molecule has 0 aliphatic heterocycles. The molecule has 0 radical (unpaired) electrons. The quantitative estimate of drug-likeness (QED) is 0.573. The van der Waals surface area contributed by atoms with Crippen molar-refractivity contribution in [2.75, 3.05) is 0 Å². The number of benzene rings is 1. The molecule has 0 aliphatic carbocycles. The Morgan fingerprint density at radius 2 is 1.75 bits per heavy atom. The second-order valence-corrected chi connectivity index (χ2v) is 3.10. The van der Waals surface area contributed by atoms with E-state index in [0.29, 0.717) is 0 Å². The summed E-state index contributed by atoms with van der Waals surface area (Å²) in [5, 5.41) is 1.26. The van der Waals surface area contributed by atoms with E-state index < -0.39 is 0 Å². The molecule has 60 valence electrons. The number of hydrogen-bond donors (Lipinski definition) is 0. The van der Waals surface area contributed by atoms with Crippen LogP contribution in [-0.4, -0.2) is 4.98 Å². The number of rotatable bonds is 0. The maximum atomic E-state index is 4.34. The van der Waals surface area contributed by atoms with Crippen molar-refractivity contribution in [3.63, 3.8) is 0 Å². The normalized spacial score (nSPS) is 10.5. The Morgan fingerprint density at radius 1 is 1.00 bits per heavy atom. The van der Waals surface area contributed by atoms with Crippen LogP contribution in [0.25, 0.3) is 10.9 Å². The van der Waals surface area contributed by atoms with Crippen molar-refractivity contribution in [3.8, 4) is 0 Å². The first-order chi connectivity index (χ1) is 5.79. The van der Waals surface area contributed by atoms with Crippen molar-refractivity contribution in [1.29, 1.82) is 0 Å². The van der Waals surface area contributed by atoms with Gasteiger partial charge in [0.15, 0.2) is 0 Å². The molecule has 0 bridgehead atoms. The van der Waals surface area contributed by atoms with Crippen LogP contribution in [-0.2, 0) is 0 Å². The fourth-order valence-electron chi connectivity index (χ4n) is 1.46. The third-order valence-corrected chi connectivity index (χ3v) is 2.19. The molecule has 0 aliphatic rings. The van der Waals surface area contributed by atoms with E-state index in [1.54, 1.807) is 0 Å². The lowest BCUT2D eigenvalue weighted by molar-refractivity contribution is 1.35. The Bertz CT molecular complexity index is 378. The summed E-state index contributed by atoms with van der Waals surface area (Å²) in [6.45, 7) is 4.21. The molecule has 0 fully saturated rings. The van der Waals surface area contributed by atoms with Crippen LogP contribution in [0.4, 0.5) is 0 Å². The van der Waals surface area contributed by atoms with Gasteiger partial charge in [0.2, 0.25) is 0 Å². The van der Waals surface area contributed by atoms with Gasteiger partial charge >= 0.3 is 0 Å². The van der Waals surface area contributed by atoms with Crippen molar-refractivity contribution in [2.24, 2.45) is 0 Å². The average molecular weight is 157 g/mol. The minimum absolute atomic E-state index is 1.12. The third kappa shape index (κ3) is 0.981. The molecule has 2 rings (SSSR count). The molecule has 12 heavy (non-hydrogen) atoms.